The summed E-state index contributed by atoms with van der Waals surface area (Å²) in [6.07, 6.45) is -8.89. The number of esters is 3. The summed E-state index contributed by atoms with van der Waals surface area (Å²) in [7, 11) is -4.55. The molecule has 0 radical (unpaired) electrons. The van der Waals surface area contributed by atoms with Crippen LogP contribution in [-0.2, 0) is 64.7 Å². The molecule has 0 aliphatic carbocycles. The average molecular weight is 568 g/mol. The summed E-state index contributed by atoms with van der Waals surface area (Å²) in [5, 5.41) is 0. The Labute approximate surface area is 225 Å². The van der Waals surface area contributed by atoms with Gasteiger partial charge >= 0.3 is 25.7 Å². The largest absolute Gasteiger partial charge is 0.477 e. The number of halogens is 1. The van der Waals surface area contributed by atoms with E-state index in [1.165, 1.54) is 0 Å². The number of alkyl halides is 1. The minimum Gasteiger partial charge on any atom is -0.463 e. The highest BCUT2D eigenvalue weighted by molar-refractivity contribution is 7.48. The van der Waals surface area contributed by atoms with Crippen molar-refractivity contribution in [2.24, 2.45) is 0 Å². The summed E-state index contributed by atoms with van der Waals surface area (Å²) in [5.74, 6) is -2.43. The first-order valence-electron chi connectivity index (χ1n) is 12.0. The third-order valence-electron chi connectivity index (χ3n) is 5.33. The van der Waals surface area contributed by atoms with Crippen LogP contribution in [0.1, 0.15) is 31.9 Å². The summed E-state index contributed by atoms with van der Waals surface area (Å²) < 4.78 is 66.8. The second-order valence-corrected chi connectivity index (χ2v) is 10.1. The van der Waals surface area contributed by atoms with Crippen molar-refractivity contribution in [1.82, 2.24) is 0 Å². The fourth-order valence-corrected chi connectivity index (χ4v) is 4.86. The molecule has 1 saturated heterocycles. The Hall–Kier alpha value is -3.15. The molecule has 1 fully saturated rings. The number of hydrogen-bond acceptors (Lipinski definition) is 11. The van der Waals surface area contributed by atoms with Crippen LogP contribution >= 0.6 is 7.82 Å². The zero-order chi connectivity index (χ0) is 28.4. The first-order chi connectivity index (χ1) is 18.6. The van der Waals surface area contributed by atoms with Crippen LogP contribution in [0.15, 0.2) is 60.7 Å². The Morgan fingerprint density at radius 1 is 0.795 bits per heavy atom. The lowest BCUT2D eigenvalue weighted by Gasteiger charge is -2.42. The molecule has 11 nitrogen and oxygen atoms in total. The normalized spacial score (nSPS) is 23.0. The van der Waals surface area contributed by atoms with Gasteiger partial charge in [-0.3, -0.25) is 28.0 Å². The molecule has 39 heavy (non-hydrogen) atoms. The highest BCUT2D eigenvalue weighted by Gasteiger charge is 2.53. The van der Waals surface area contributed by atoms with Gasteiger partial charge in [-0.1, -0.05) is 60.7 Å². The van der Waals surface area contributed by atoms with Crippen LogP contribution in [-0.4, -0.2) is 55.3 Å². The molecule has 0 spiro atoms. The predicted molar refractivity (Wildman–Crippen MR) is 132 cm³/mol. The maximum Gasteiger partial charge on any atom is 0.477 e. The molecule has 0 bridgehead atoms. The van der Waals surface area contributed by atoms with Crippen molar-refractivity contribution in [3.63, 3.8) is 0 Å². The molecule has 212 valence electrons. The monoisotopic (exact) mass is 568 g/mol. The second-order valence-electron chi connectivity index (χ2n) is 8.51. The van der Waals surface area contributed by atoms with Crippen LogP contribution in [0.25, 0.3) is 0 Å². The van der Waals surface area contributed by atoms with Crippen molar-refractivity contribution in [1.29, 1.82) is 0 Å². The predicted octanol–water partition coefficient (Wildman–Crippen LogP) is 4.03. The molecule has 1 aliphatic rings. The SMILES string of the molecule is CC(=O)OC[C@H]1O[C@@H](OP(=O)(OCc2ccccc2)OCc2ccccc2)[C@H](F)[C@@H](OC(C)=O)[C@@H]1OC(C)=O. The van der Waals surface area contributed by atoms with E-state index in [0.29, 0.717) is 11.1 Å². The van der Waals surface area contributed by atoms with E-state index in [-0.39, 0.29) is 13.2 Å². The van der Waals surface area contributed by atoms with Crippen LogP contribution < -0.4 is 0 Å². The lowest BCUT2D eigenvalue weighted by Crippen LogP contribution is -2.60. The molecule has 0 amide bonds. The number of hydrogen-bond donors (Lipinski definition) is 0. The number of rotatable bonds is 12. The second kappa shape index (κ2) is 14.3. The molecular weight excluding hydrogens is 538 g/mol. The van der Waals surface area contributed by atoms with E-state index in [2.05, 4.69) is 0 Å². The Bertz CT molecular complexity index is 1100. The molecule has 2 aromatic rings. The highest BCUT2D eigenvalue weighted by Crippen LogP contribution is 2.53. The van der Waals surface area contributed by atoms with Gasteiger partial charge in [-0.2, -0.15) is 0 Å². The quantitative estimate of drug-likeness (QED) is 0.209. The van der Waals surface area contributed by atoms with Gasteiger partial charge in [0.25, 0.3) is 0 Å². The van der Waals surface area contributed by atoms with Gasteiger partial charge in [0.05, 0.1) is 13.2 Å². The Morgan fingerprint density at radius 2 is 1.28 bits per heavy atom. The summed E-state index contributed by atoms with van der Waals surface area (Å²) in [5.41, 5.74) is 1.26. The van der Waals surface area contributed by atoms with E-state index in [1.807, 2.05) is 0 Å². The van der Waals surface area contributed by atoms with E-state index < -0.39 is 63.1 Å². The van der Waals surface area contributed by atoms with Gasteiger partial charge in [-0.25, -0.2) is 8.96 Å². The molecule has 13 heteroatoms. The summed E-state index contributed by atoms with van der Waals surface area (Å²) >= 11 is 0. The maximum atomic E-state index is 15.7. The van der Waals surface area contributed by atoms with Crippen molar-refractivity contribution in [3.8, 4) is 0 Å². The molecule has 1 heterocycles. The molecule has 5 atom stereocenters. The zero-order valence-electron chi connectivity index (χ0n) is 21.6. The standard InChI is InChI=1S/C26H30FO11P/c1-17(28)32-16-22-24(35-18(2)29)25(36-19(3)30)23(27)26(37-22)38-39(31,33-14-20-10-6-4-7-11-20)34-15-21-12-8-5-9-13-21/h4-13,22-26H,14-16H2,1-3H3/t22-,23-,24-,25-,26+/m1/s1. The number of phosphoric ester groups is 1. The van der Waals surface area contributed by atoms with Gasteiger partial charge in [0.2, 0.25) is 6.29 Å². The molecule has 0 N–H and O–H groups in total. The number of ether oxygens (including phenoxy) is 4. The fraction of sp³-hybridized carbons (Fsp3) is 0.423. The van der Waals surface area contributed by atoms with Crippen molar-refractivity contribution in [2.75, 3.05) is 6.61 Å². The van der Waals surface area contributed by atoms with Crippen LogP contribution in [0.2, 0.25) is 0 Å². The van der Waals surface area contributed by atoms with E-state index >= 15 is 4.39 Å². The van der Waals surface area contributed by atoms with Crippen LogP contribution in [0.5, 0.6) is 0 Å². The van der Waals surface area contributed by atoms with E-state index in [9.17, 15) is 18.9 Å². The summed E-state index contributed by atoms with van der Waals surface area (Å²) in [6, 6.07) is 17.4. The van der Waals surface area contributed by atoms with Crippen LogP contribution in [0.4, 0.5) is 4.39 Å². The van der Waals surface area contributed by atoms with Crippen molar-refractivity contribution in [2.45, 2.75) is 64.8 Å². The number of carbonyl (C=O) groups excluding carboxylic acids is 3. The van der Waals surface area contributed by atoms with Crippen molar-refractivity contribution < 1.29 is 55.9 Å². The zero-order valence-corrected chi connectivity index (χ0v) is 22.5. The molecule has 3 rings (SSSR count). The first kappa shape index (κ1) is 30.4. The molecule has 0 unspecified atom stereocenters. The Balaban J connectivity index is 1.87. The minimum atomic E-state index is -4.55. The maximum absolute atomic E-state index is 15.7. The summed E-state index contributed by atoms with van der Waals surface area (Å²) in [4.78, 5) is 34.9. The molecule has 0 aromatic heterocycles. The van der Waals surface area contributed by atoms with Crippen molar-refractivity contribution >= 4 is 25.7 Å². The summed E-state index contributed by atoms with van der Waals surface area (Å²) in [6.45, 7) is 2.28. The fourth-order valence-electron chi connectivity index (χ4n) is 3.63. The molecular formula is C26H30FO11P. The smallest absolute Gasteiger partial charge is 0.463 e. The lowest BCUT2D eigenvalue weighted by atomic mass is 9.99. The molecule has 0 saturated carbocycles. The third-order valence-corrected chi connectivity index (χ3v) is 6.68. The number of carbonyl (C=O) groups is 3. The van der Waals surface area contributed by atoms with Gasteiger partial charge < -0.3 is 18.9 Å². The van der Waals surface area contributed by atoms with Gasteiger partial charge in [-0.05, 0) is 11.1 Å². The topological polar surface area (TPSA) is 133 Å². The molecule has 1 aliphatic heterocycles. The van der Waals surface area contributed by atoms with Crippen LogP contribution in [0, 0.1) is 0 Å². The van der Waals surface area contributed by atoms with E-state index in [1.54, 1.807) is 60.7 Å². The van der Waals surface area contributed by atoms with Gasteiger partial charge in [0, 0.05) is 20.8 Å². The average Bonchev–Trinajstić information content (AvgIpc) is 2.90. The van der Waals surface area contributed by atoms with Crippen LogP contribution in [0.3, 0.4) is 0 Å². The van der Waals surface area contributed by atoms with E-state index in [0.717, 1.165) is 20.8 Å². The highest BCUT2D eigenvalue weighted by atomic mass is 31.2. The van der Waals surface area contributed by atoms with Gasteiger partial charge in [0.15, 0.2) is 18.4 Å². The lowest BCUT2D eigenvalue weighted by molar-refractivity contribution is -0.275. The first-order valence-corrected chi connectivity index (χ1v) is 13.4. The number of phosphoric acid groups is 1. The van der Waals surface area contributed by atoms with Gasteiger partial charge in [0.1, 0.15) is 12.7 Å². The number of benzene rings is 2. The van der Waals surface area contributed by atoms with Gasteiger partial charge in [-0.15, -0.1) is 0 Å². The molecule has 2 aromatic carbocycles. The Kier molecular flexibility index (Phi) is 11.1. The minimum absolute atomic E-state index is 0.211. The Morgan fingerprint density at radius 3 is 1.74 bits per heavy atom. The van der Waals surface area contributed by atoms with Crippen molar-refractivity contribution in [3.05, 3.63) is 71.8 Å². The third kappa shape index (κ3) is 9.52. The van der Waals surface area contributed by atoms with E-state index in [4.69, 9.17) is 32.5 Å².